The maximum atomic E-state index is 10.6. The summed E-state index contributed by atoms with van der Waals surface area (Å²) in [5.41, 5.74) is 4.99. The zero-order chi connectivity index (χ0) is 9.56. The zero-order valence-corrected chi connectivity index (χ0v) is 7.76. The molecule has 0 unspecified atom stereocenters. The lowest BCUT2D eigenvalue weighted by molar-refractivity contribution is -0.112. The van der Waals surface area contributed by atoms with Gasteiger partial charge in [-0.2, -0.15) is 0 Å². The molecule has 12 heavy (non-hydrogen) atoms. The molecular weight excluding hydrogens is 154 g/mol. The molecule has 4 nitrogen and oxygen atoms in total. The van der Waals surface area contributed by atoms with Gasteiger partial charge in [0.15, 0.2) is 5.84 Å². The van der Waals surface area contributed by atoms with Gasteiger partial charge in [0.05, 0.1) is 0 Å². The van der Waals surface area contributed by atoms with E-state index in [9.17, 15) is 4.79 Å². The first-order chi connectivity index (χ1) is 5.63. The molecule has 0 aromatic carbocycles. The summed E-state index contributed by atoms with van der Waals surface area (Å²) in [6, 6.07) is 0. The first-order valence-corrected chi connectivity index (χ1v) is 4.26. The SMILES string of the molecule is CCCN(CCC)C(=N)C(N)=O. The fourth-order valence-corrected chi connectivity index (χ4v) is 1.03. The van der Waals surface area contributed by atoms with Gasteiger partial charge in [-0.15, -0.1) is 0 Å². The van der Waals surface area contributed by atoms with Crippen LogP contribution in [0.5, 0.6) is 0 Å². The Balaban J connectivity index is 4.08. The number of hydrogen-bond acceptors (Lipinski definition) is 2. The largest absolute Gasteiger partial charge is 0.363 e. The Bertz CT molecular complexity index is 162. The highest BCUT2D eigenvalue weighted by Gasteiger charge is 2.12. The number of amides is 1. The second-order valence-electron chi connectivity index (χ2n) is 2.70. The minimum Gasteiger partial charge on any atom is -0.363 e. The number of nitrogens with zero attached hydrogens (tertiary/aromatic N) is 1. The van der Waals surface area contributed by atoms with Crippen molar-refractivity contribution in [2.75, 3.05) is 13.1 Å². The van der Waals surface area contributed by atoms with Crippen LogP contribution in [0, 0.1) is 5.41 Å². The van der Waals surface area contributed by atoms with E-state index in [1.54, 1.807) is 4.90 Å². The average Bonchev–Trinajstić information content (AvgIpc) is 2.03. The standard InChI is InChI=1S/C8H17N3O/c1-3-5-11(6-4-2)7(9)8(10)12/h9H,3-6H2,1-2H3,(H2,10,12). The minimum atomic E-state index is -0.642. The van der Waals surface area contributed by atoms with Crippen molar-refractivity contribution in [1.82, 2.24) is 4.90 Å². The summed E-state index contributed by atoms with van der Waals surface area (Å²) in [7, 11) is 0. The number of carbonyl (C=O) groups excluding carboxylic acids is 1. The fourth-order valence-electron chi connectivity index (χ4n) is 1.03. The summed E-state index contributed by atoms with van der Waals surface area (Å²) in [6.07, 6.45) is 1.85. The van der Waals surface area contributed by atoms with Crippen LogP contribution >= 0.6 is 0 Å². The van der Waals surface area contributed by atoms with Crippen molar-refractivity contribution >= 4 is 11.7 Å². The third kappa shape index (κ3) is 3.37. The maximum Gasteiger partial charge on any atom is 0.283 e. The van der Waals surface area contributed by atoms with Gasteiger partial charge in [0.25, 0.3) is 5.91 Å². The average molecular weight is 171 g/mol. The fraction of sp³-hybridized carbons (Fsp3) is 0.750. The molecule has 0 bridgehead atoms. The molecule has 70 valence electrons. The van der Waals surface area contributed by atoms with E-state index in [4.69, 9.17) is 11.1 Å². The third-order valence-corrected chi connectivity index (χ3v) is 1.54. The molecule has 4 heteroatoms. The number of primary amides is 1. The van der Waals surface area contributed by atoms with Crippen molar-refractivity contribution in [2.45, 2.75) is 26.7 Å². The highest BCUT2D eigenvalue weighted by atomic mass is 16.1. The Morgan fingerprint density at radius 1 is 1.33 bits per heavy atom. The van der Waals surface area contributed by atoms with Crippen LogP contribution < -0.4 is 5.73 Å². The maximum absolute atomic E-state index is 10.6. The molecule has 0 fully saturated rings. The van der Waals surface area contributed by atoms with Crippen LogP contribution in [0.3, 0.4) is 0 Å². The molecule has 0 aliphatic heterocycles. The Morgan fingerprint density at radius 3 is 2.00 bits per heavy atom. The summed E-state index contributed by atoms with van der Waals surface area (Å²) in [5, 5.41) is 7.36. The van der Waals surface area contributed by atoms with Gasteiger partial charge in [-0.25, -0.2) is 0 Å². The molecule has 1 amide bonds. The van der Waals surface area contributed by atoms with Gasteiger partial charge in [0, 0.05) is 13.1 Å². The molecule has 0 aromatic heterocycles. The van der Waals surface area contributed by atoms with E-state index in [0.29, 0.717) is 0 Å². The molecule has 0 spiro atoms. The highest BCUT2D eigenvalue weighted by Crippen LogP contribution is 1.94. The van der Waals surface area contributed by atoms with Crippen LogP contribution in [-0.4, -0.2) is 29.7 Å². The quantitative estimate of drug-likeness (QED) is 0.479. The van der Waals surface area contributed by atoms with E-state index in [0.717, 1.165) is 25.9 Å². The van der Waals surface area contributed by atoms with Crippen LogP contribution in [0.25, 0.3) is 0 Å². The van der Waals surface area contributed by atoms with Gasteiger partial charge in [-0.3, -0.25) is 10.2 Å². The summed E-state index contributed by atoms with van der Waals surface area (Å²) in [5.74, 6) is -0.712. The Morgan fingerprint density at radius 2 is 1.75 bits per heavy atom. The molecule has 0 rings (SSSR count). The van der Waals surface area contributed by atoms with Crippen molar-refractivity contribution in [1.29, 1.82) is 5.41 Å². The van der Waals surface area contributed by atoms with Crippen LogP contribution in [0.15, 0.2) is 0 Å². The van der Waals surface area contributed by atoms with Gasteiger partial charge >= 0.3 is 0 Å². The van der Waals surface area contributed by atoms with Crippen molar-refractivity contribution in [3.63, 3.8) is 0 Å². The monoisotopic (exact) mass is 171 g/mol. The first-order valence-electron chi connectivity index (χ1n) is 4.26. The van der Waals surface area contributed by atoms with Crippen LogP contribution in [0.4, 0.5) is 0 Å². The number of carbonyl (C=O) groups is 1. The van der Waals surface area contributed by atoms with Crippen molar-refractivity contribution in [3.05, 3.63) is 0 Å². The number of amidine groups is 1. The molecule has 0 aromatic rings. The smallest absolute Gasteiger partial charge is 0.283 e. The lowest BCUT2D eigenvalue weighted by Gasteiger charge is -2.21. The molecule has 0 aliphatic rings. The Kier molecular flexibility index (Phi) is 5.08. The second-order valence-corrected chi connectivity index (χ2v) is 2.70. The van der Waals surface area contributed by atoms with E-state index in [1.807, 2.05) is 13.8 Å². The first kappa shape index (κ1) is 10.9. The number of nitrogens with one attached hydrogen (secondary N) is 1. The predicted molar refractivity (Wildman–Crippen MR) is 49.1 cm³/mol. The molecule has 0 saturated heterocycles. The van der Waals surface area contributed by atoms with Crippen molar-refractivity contribution in [2.24, 2.45) is 5.73 Å². The molecule has 0 saturated carbocycles. The highest BCUT2D eigenvalue weighted by molar-refractivity contribution is 6.35. The summed E-state index contributed by atoms with van der Waals surface area (Å²) >= 11 is 0. The van der Waals surface area contributed by atoms with Crippen molar-refractivity contribution < 1.29 is 4.79 Å². The van der Waals surface area contributed by atoms with Crippen LogP contribution in [-0.2, 0) is 4.79 Å². The molecule has 3 N–H and O–H groups in total. The van der Waals surface area contributed by atoms with Crippen LogP contribution in [0.2, 0.25) is 0 Å². The second kappa shape index (κ2) is 5.57. The van der Waals surface area contributed by atoms with Crippen molar-refractivity contribution in [3.8, 4) is 0 Å². The number of nitrogens with two attached hydrogens (primary N) is 1. The zero-order valence-electron chi connectivity index (χ0n) is 7.76. The molecule has 0 radical (unpaired) electrons. The number of hydrogen-bond donors (Lipinski definition) is 2. The molecule has 0 atom stereocenters. The molecule has 0 aliphatic carbocycles. The molecule has 0 heterocycles. The topological polar surface area (TPSA) is 70.2 Å². The lowest BCUT2D eigenvalue weighted by atomic mass is 10.3. The van der Waals surface area contributed by atoms with Gasteiger partial charge in [0.2, 0.25) is 0 Å². The Hall–Kier alpha value is -1.06. The number of rotatable bonds is 4. The van der Waals surface area contributed by atoms with E-state index < -0.39 is 5.91 Å². The van der Waals surface area contributed by atoms with Gasteiger partial charge in [-0.05, 0) is 12.8 Å². The summed E-state index contributed by atoms with van der Waals surface area (Å²) in [6.45, 7) is 5.49. The minimum absolute atomic E-state index is 0.0706. The van der Waals surface area contributed by atoms with E-state index >= 15 is 0 Å². The molecular formula is C8H17N3O. The summed E-state index contributed by atoms with van der Waals surface area (Å²) in [4.78, 5) is 12.4. The van der Waals surface area contributed by atoms with Gasteiger partial charge < -0.3 is 10.6 Å². The lowest BCUT2D eigenvalue weighted by Crippen LogP contribution is -2.40. The van der Waals surface area contributed by atoms with E-state index in [-0.39, 0.29) is 5.84 Å². The Labute approximate surface area is 73.2 Å². The van der Waals surface area contributed by atoms with E-state index in [2.05, 4.69) is 0 Å². The predicted octanol–water partition coefficient (Wildman–Crippen LogP) is 0.571. The normalized spacial score (nSPS) is 9.50. The third-order valence-electron chi connectivity index (χ3n) is 1.54. The van der Waals surface area contributed by atoms with Gasteiger partial charge in [0.1, 0.15) is 0 Å². The van der Waals surface area contributed by atoms with Gasteiger partial charge in [-0.1, -0.05) is 13.8 Å². The van der Waals surface area contributed by atoms with Crippen LogP contribution in [0.1, 0.15) is 26.7 Å². The summed E-state index contributed by atoms with van der Waals surface area (Å²) < 4.78 is 0. The van der Waals surface area contributed by atoms with E-state index in [1.165, 1.54) is 0 Å².